The van der Waals surface area contributed by atoms with Gasteiger partial charge in [0.2, 0.25) is 5.91 Å². The Kier molecular flexibility index (Phi) is 6.51. The lowest BCUT2D eigenvalue weighted by molar-refractivity contribution is -0.128. The Labute approximate surface area is 186 Å². The molecule has 7 heteroatoms. The number of carbonyl (C=O) groups is 1. The van der Waals surface area contributed by atoms with Crippen molar-refractivity contribution < 1.29 is 9.53 Å². The highest BCUT2D eigenvalue weighted by Crippen LogP contribution is 2.27. The molecule has 0 unspecified atom stereocenters. The monoisotopic (exact) mass is 437 g/mol. The summed E-state index contributed by atoms with van der Waals surface area (Å²) in [6, 6.07) is 17.6. The molecule has 1 aromatic heterocycles. The maximum Gasteiger partial charge on any atom is 0.252 e. The molecule has 3 aromatic rings. The van der Waals surface area contributed by atoms with E-state index in [1.54, 1.807) is 17.7 Å². The second-order valence-corrected chi connectivity index (χ2v) is 8.48. The van der Waals surface area contributed by atoms with Crippen molar-refractivity contribution in [3.8, 4) is 5.75 Å². The molecule has 0 N–H and O–H groups in total. The summed E-state index contributed by atoms with van der Waals surface area (Å²) in [5.41, 5.74) is 2.04. The Balaban J connectivity index is 1.38. The highest BCUT2D eigenvalue weighted by Gasteiger charge is 2.22. The van der Waals surface area contributed by atoms with E-state index >= 15 is 0 Å². The van der Waals surface area contributed by atoms with Gasteiger partial charge in [-0.05, 0) is 37.3 Å². The van der Waals surface area contributed by atoms with E-state index in [9.17, 15) is 9.59 Å². The molecule has 0 aliphatic carbocycles. The predicted octanol–water partition coefficient (Wildman–Crippen LogP) is 3.47. The molecule has 1 aliphatic rings. The molecule has 0 atom stereocenters. The van der Waals surface area contributed by atoms with Crippen LogP contribution < -0.4 is 15.2 Å². The molecule has 2 aromatic carbocycles. The van der Waals surface area contributed by atoms with E-state index in [-0.39, 0.29) is 11.5 Å². The topological polar surface area (TPSA) is 54.8 Å². The number of carbonyl (C=O) groups excluding carboxylic acids is 1. The first-order valence-corrected chi connectivity index (χ1v) is 11.5. The van der Waals surface area contributed by atoms with Crippen molar-refractivity contribution in [1.29, 1.82) is 0 Å². The fraction of sp³-hybridized carbons (Fsp3) is 0.333. The molecule has 1 aliphatic heterocycles. The number of aromatic nitrogens is 1. The highest BCUT2D eigenvalue weighted by molar-refractivity contribution is 8.00. The number of piperazine rings is 1. The molecular formula is C24H27N3O3S. The minimum absolute atomic E-state index is 0.0238. The van der Waals surface area contributed by atoms with E-state index in [0.29, 0.717) is 25.4 Å². The molecule has 2 heterocycles. The fourth-order valence-corrected chi connectivity index (χ4v) is 4.96. The van der Waals surface area contributed by atoms with Crippen LogP contribution in [0.1, 0.15) is 6.92 Å². The van der Waals surface area contributed by atoms with Gasteiger partial charge in [0.25, 0.3) is 5.56 Å². The van der Waals surface area contributed by atoms with Gasteiger partial charge in [-0.15, -0.1) is 11.8 Å². The number of anilines is 1. The molecule has 6 nitrogen and oxygen atoms in total. The van der Waals surface area contributed by atoms with Crippen molar-refractivity contribution in [3.05, 3.63) is 65.0 Å². The van der Waals surface area contributed by atoms with Crippen molar-refractivity contribution in [2.75, 3.05) is 43.9 Å². The van der Waals surface area contributed by atoms with Crippen LogP contribution in [-0.4, -0.2) is 54.4 Å². The SMILES string of the molecule is CCn1c(=O)cc(SCC(=O)N2CCN(c3ccc(OC)cc3)CC2)c2ccccc21. The van der Waals surface area contributed by atoms with E-state index in [1.807, 2.05) is 48.2 Å². The lowest BCUT2D eigenvalue weighted by Gasteiger charge is -2.36. The van der Waals surface area contributed by atoms with Gasteiger partial charge < -0.3 is 19.1 Å². The molecule has 31 heavy (non-hydrogen) atoms. The van der Waals surface area contributed by atoms with Gasteiger partial charge in [-0.3, -0.25) is 9.59 Å². The van der Waals surface area contributed by atoms with E-state index in [4.69, 9.17) is 4.74 Å². The van der Waals surface area contributed by atoms with Crippen molar-refractivity contribution in [3.63, 3.8) is 0 Å². The number of nitrogens with zero attached hydrogens (tertiary/aromatic N) is 3. The van der Waals surface area contributed by atoms with E-state index in [0.717, 1.165) is 40.3 Å². The van der Waals surface area contributed by atoms with Crippen LogP contribution >= 0.6 is 11.8 Å². The van der Waals surface area contributed by atoms with E-state index < -0.39 is 0 Å². The predicted molar refractivity (Wildman–Crippen MR) is 126 cm³/mol. The summed E-state index contributed by atoms with van der Waals surface area (Å²) in [4.78, 5) is 30.4. The van der Waals surface area contributed by atoms with Gasteiger partial charge in [0.1, 0.15) is 5.75 Å². The normalized spacial score (nSPS) is 14.1. The maximum atomic E-state index is 12.8. The van der Waals surface area contributed by atoms with Crippen molar-refractivity contribution in [1.82, 2.24) is 9.47 Å². The van der Waals surface area contributed by atoms with Crippen LogP contribution in [-0.2, 0) is 11.3 Å². The Bertz CT molecular complexity index is 1120. The van der Waals surface area contributed by atoms with Crippen molar-refractivity contribution in [2.45, 2.75) is 18.4 Å². The molecule has 1 saturated heterocycles. The number of aryl methyl sites for hydroxylation is 1. The maximum absolute atomic E-state index is 12.8. The van der Waals surface area contributed by atoms with Gasteiger partial charge >= 0.3 is 0 Å². The van der Waals surface area contributed by atoms with Crippen LogP contribution in [0.25, 0.3) is 10.9 Å². The standard InChI is InChI=1S/C24H27N3O3S/c1-3-27-21-7-5-4-6-20(21)22(16-23(27)28)31-17-24(29)26-14-12-25(13-15-26)18-8-10-19(30-2)11-9-18/h4-11,16H,3,12-15,17H2,1-2H3. The first-order chi connectivity index (χ1) is 15.1. The largest absolute Gasteiger partial charge is 0.497 e. The minimum Gasteiger partial charge on any atom is -0.497 e. The van der Waals surface area contributed by atoms with E-state index in [1.165, 1.54) is 11.8 Å². The summed E-state index contributed by atoms with van der Waals surface area (Å²) in [6.07, 6.45) is 0. The fourth-order valence-electron chi connectivity index (χ4n) is 3.99. The van der Waals surface area contributed by atoms with Gasteiger partial charge in [-0.1, -0.05) is 18.2 Å². The molecule has 0 spiro atoms. The first kappa shape index (κ1) is 21.3. The number of fused-ring (bicyclic) bond motifs is 1. The Morgan fingerprint density at radius 2 is 1.74 bits per heavy atom. The molecule has 1 fully saturated rings. The van der Waals surface area contributed by atoms with Crippen LogP contribution in [0.2, 0.25) is 0 Å². The van der Waals surface area contributed by atoms with Crippen molar-refractivity contribution in [2.24, 2.45) is 0 Å². The summed E-state index contributed by atoms with van der Waals surface area (Å²) < 4.78 is 6.98. The van der Waals surface area contributed by atoms with Gasteiger partial charge in [-0.25, -0.2) is 0 Å². The van der Waals surface area contributed by atoms with Crippen LogP contribution in [0.15, 0.2) is 64.3 Å². The zero-order valence-corrected chi connectivity index (χ0v) is 18.7. The number of para-hydroxylation sites is 1. The first-order valence-electron chi connectivity index (χ1n) is 10.5. The van der Waals surface area contributed by atoms with Crippen LogP contribution in [0.3, 0.4) is 0 Å². The third-order valence-corrected chi connectivity index (χ3v) is 6.76. The summed E-state index contributed by atoms with van der Waals surface area (Å²) >= 11 is 1.45. The lowest BCUT2D eigenvalue weighted by Crippen LogP contribution is -2.49. The molecular weight excluding hydrogens is 410 g/mol. The molecule has 0 saturated carbocycles. The third-order valence-electron chi connectivity index (χ3n) is 5.72. The zero-order chi connectivity index (χ0) is 21.8. The molecule has 0 radical (unpaired) electrons. The number of thioether (sulfide) groups is 1. The summed E-state index contributed by atoms with van der Waals surface area (Å²) in [5, 5.41) is 1.02. The number of amides is 1. The number of rotatable bonds is 6. The smallest absolute Gasteiger partial charge is 0.252 e. The number of ether oxygens (including phenoxy) is 1. The minimum atomic E-state index is -0.0238. The third kappa shape index (κ3) is 4.56. The molecule has 162 valence electrons. The highest BCUT2D eigenvalue weighted by atomic mass is 32.2. The van der Waals surface area contributed by atoms with Gasteiger partial charge in [0, 0.05) is 54.8 Å². The van der Waals surface area contributed by atoms with Gasteiger partial charge in [-0.2, -0.15) is 0 Å². The Morgan fingerprint density at radius 1 is 1.03 bits per heavy atom. The van der Waals surface area contributed by atoms with Crippen LogP contribution in [0.5, 0.6) is 5.75 Å². The lowest BCUT2D eigenvalue weighted by atomic mass is 10.2. The number of pyridine rings is 1. The van der Waals surface area contributed by atoms with Gasteiger partial charge in [0.05, 0.1) is 18.4 Å². The summed E-state index contributed by atoms with van der Waals surface area (Å²) in [6.45, 7) is 5.60. The quantitative estimate of drug-likeness (QED) is 0.553. The second kappa shape index (κ2) is 9.47. The van der Waals surface area contributed by atoms with E-state index in [2.05, 4.69) is 17.0 Å². The van der Waals surface area contributed by atoms with Crippen molar-refractivity contribution >= 4 is 34.3 Å². The van der Waals surface area contributed by atoms with Crippen LogP contribution in [0, 0.1) is 0 Å². The van der Waals surface area contributed by atoms with Gasteiger partial charge in [0.15, 0.2) is 0 Å². The second-order valence-electron chi connectivity index (χ2n) is 7.46. The van der Waals surface area contributed by atoms with Crippen LogP contribution in [0.4, 0.5) is 5.69 Å². The number of hydrogen-bond donors (Lipinski definition) is 0. The number of methoxy groups -OCH3 is 1. The summed E-state index contributed by atoms with van der Waals surface area (Å²) in [5.74, 6) is 1.29. The Hall–Kier alpha value is -2.93. The average molecular weight is 438 g/mol. The average Bonchev–Trinajstić information content (AvgIpc) is 2.82. The molecule has 1 amide bonds. The summed E-state index contributed by atoms with van der Waals surface area (Å²) in [7, 11) is 1.66. The zero-order valence-electron chi connectivity index (χ0n) is 17.9. The molecule has 4 rings (SSSR count). The Morgan fingerprint density at radius 3 is 2.42 bits per heavy atom. The number of hydrogen-bond acceptors (Lipinski definition) is 5. The number of benzene rings is 2. The molecule has 0 bridgehead atoms.